The van der Waals surface area contributed by atoms with Crippen molar-refractivity contribution < 1.29 is 14.3 Å². The van der Waals surface area contributed by atoms with E-state index in [-0.39, 0.29) is 17.3 Å². The number of hydrogen-bond acceptors (Lipinski definition) is 8. The summed E-state index contributed by atoms with van der Waals surface area (Å²) in [5.74, 6) is 0. The normalized spacial score (nSPS) is 19.4. The lowest BCUT2D eigenvalue weighted by atomic mass is 10.2. The van der Waals surface area contributed by atoms with E-state index in [9.17, 15) is 10.1 Å². The number of aromatic nitrogens is 2. The predicted molar refractivity (Wildman–Crippen MR) is 69.5 cm³/mol. The highest BCUT2D eigenvalue weighted by molar-refractivity contribution is 5.93. The third kappa shape index (κ3) is 2.06. The molecule has 0 amide bonds. The Labute approximate surface area is 113 Å². The second-order valence-corrected chi connectivity index (χ2v) is 4.50. The Morgan fingerprint density at radius 3 is 3.00 bits per heavy atom. The van der Waals surface area contributed by atoms with Gasteiger partial charge in [-0.2, -0.15) is 0 Å². The first-order valence-corrected chi connectivity index (χ1v) is 6.17. The van der Waals surface area contributed by atoms with Gasteiger partial charge in [-0.25, -0.2) is 4.63 Å². The van der Waals surface area contributed by atoms with Crippen LogP contribution in [0.2, 0.25) is 0 Å². The second-order valence-electron chi connectivity index (χ2n) is 4.50. The maximum atomic E-state index is 10.9. The number of nitrogens with two attached hydrogens (primary N) is 1. The lowest BCUT2D eigenvalue weighted by molar-refractivity contribution is -0.383. The molecule has 0 saturated carbocycles. The van der Waals surface area contributed by atoms with Crippen molar-refractivity contribution in [1.82, 2.24) is 10.3 Å². The van der Waals surface area contributed by atoms with E-state index in [1.165, 1.54) is 6.07 Å². The number of non-ortho nitro benzene ring substituents is 1. The van der Waals surface area contributed by atoms with Gasteiger partial charge < -0.3 is 15.4 Å². The highest BCUT2D eigenvalue weighted by Crippen LogP contribution is 2.31. The van der Waals surface area contributed by atoms with E-state index in [0.29, 0.717) is 31.8 Å². The Bertz CT molecular complexity index is 643. The zero-order valence-corrected chi connectivity index (χ0v) is 10.6. The third-order valence-corrected chi connectivity index (χ3v) is 3.31. The van der Waals surface area contributed by atoms with E-state index >= 15 is 0 Å². The number of nitrogens with zero attached hydrogens (tertiary/aromatic N) is 4. The molecule has 1 unspecified atom stereocenters. The van der Waals surface area contributed by atoms with E-state index in [0.717, 1.165) is 5.69 Å². The number of anilines is 1. The van der Waals surface area contributed by atoms with Crippen LogP contribution >= 0.6 is 0 Å². The minimum atomic E-state index is -0.502. The Kier molecular flexibility index (Phi) is 3.20. The topological polar surface area (TPSA) is 121 Å². The number of nitro groups is 1. The van der Waals surface area contributed by atoms with E-state index in [1.807, 2.05) is 4.90 Å². The summed E-state index contributed by atoms with van der Waals surface area (Å²) in [5, 5.41) is 18.4. The van der Waals surface area contributed by atoms with Gasteiger partial charge in [0.15, 0.2) is 5.52 Å². The monoisotopic (exact) mass is 279 g/mol. The van der Waals surface area contributed by atoms with Crippen LogP contribution in [0.4, 0.5) is 11.4 Å². The summed E-state index contributed by atoms with van der Waals surface area (Å²) in [7, 11) is 0. The fourth-order valence-electron chi connectivity index (χ4n) is 2.32. The van der Waals surface area contributed by atoms with Crippen LogP contribution in [0.5, 0.6) is 0 Å². The summed E-state index contributed by atoms with van der Waals surface area (Å²) in [6.45, 7) is 2.24. The first-order chi connectivity index (χ1) is 9.70. The average Bonchev–Trinajstić information content (AvgIpc) is 2.95. The SMILES string of the molecule is NCC1CN(c2ccc([N+](=O)[O-])c3nonc23)CCO1. The van der Waals surface area contributed by atoms with Crippen molar-refractivity contribution in [3.63, 3.8) is 0 Å². The fraction of sp³-hybridized carbons (Fsp3) is 0.455. The molecule has 0 bridgehead atoms. The molecule has 1 aliphatic heterocycles. The van der Waals surface area contributed by atoms with E-state index in [1.54, 1.807) is 6.07 Å². The van der Waals surface area contributed by atoms with Crippen LogP contribution in [-0.4, -0.2) is 47.6 Å². The van der Waals surface area contributed by atoms with Crippen molar-refractivity contribution in [1.29, 1.82) is 0 Å². The van der Waals surface area contributed by atoms with Gasteiger partial charge in [0.25, 0.3) is 0 Å². The number of ether oxygens (including phenoxy) is 1. The van der Waals surface area contributed by atoms with Gasteiger partial charge in [0, 0.05) is 25.7 Å². The van der Waals surface area contributed by atoms with Crippen LogP contribution in [0.3, 0.4) is 0 Å². The van der Waals surface area contributed by atoms with Crippen LogP contribution in [0.1, 0.15) is 0 Å². The number of nitro benzene ring substituents is 1. The van der Waals surface area contributed by atoms with Gasteiger partial charge >= 0.3 is 5.69 Å². The molecule has 0 spiro atoms. The van der Waals surface area contributed by atoms with Crippen LogP contribution in [0.15, 0.2) is 16.8 Å². The van der Waals surface area contributed by atoms with Crippen molar-refractivity contribution in [2.45, 2.75) is 6.10 Å². The molecule has 1 aromatic carbocycles. The second kappa shape index (κ2) is 5.02. The Morgan fingerprint density at radius 2 is 2.25 bits per heavy atom. The summed E-state index contributed by atoms with van der Waals surface area (Å²) in [6, 6.07) is 3.07. The molecule has 106 valence electrons. The van der Waals surface area contributed by atoms with Gasteiger partial charge in [0.2, 0.25) is 5.52 Å². The molecule has 2 heterocycles. The summed E-state index contributed by atoms with van der Waals surface area (Å²) in [5.41, 5.74) is 6.78. The summed E-state index contributed by atoms with van der Waals surface area (Å²) < 4.78 is 10.2. The number of morpholine rings is 1. The maximum Gasteiger partial charge on any atom is 0.300 e. The minimum absolute atomic E-state index is 0.0612. The molecule has 1 fully saturated rings. The van der Waals surface area contributed by atoms with E-state index < -0.39 is 4.92 Å². The Morgan fingerprint density at radius 1 is 1.45 bits per heavy atom. The standard InChI is InChI=1S/C11H13N5O4/c12-5-7-6-15(3-4-19-7)8-1-2-9(16(17)18)11-10(8)13-20-14-11/h1-2,7H,3-6,12H2. The first-order valence-electron chi connectivity index (χ1n) is 6.17. The smallest absolute Gasteiger partial charge is 0.300 e. The lowest BCUT2D eigenvalue weighted by Crippen LogP contribution is -2.45. The van der Waals surface area contributed by atoms with Crippen LogP contribution in [0, 0.1) is 10.1 Å². The molecule has 20 heavy (non-hydrogen) atoms. The number of hydrogen-bond donors (Lipinski definition) is 1. The van der Waals surface area contributed by atoms with Crippen molar-refractivity contribution >= 4 is 22.4 Å². The van der Waals surface area contributed by atoms with Crippen molar-refractivity contribution in [2.24, 2.45) is 5.73 Å². The van der Waals surface area contributed by atoms with Crippen LogP contribution in [-0.2, 0) is 4.74 Å². The van der Waals surface area contributed by atoms with Gasteiger partial charge in [-0.1, -0.05) is 0 Å². The molecule has 1 aliphatic rings. The minimum Gasteiger partial charge on any atom is -0.373 e. The molecule has 9 nitrogen and oxygen atoms in total. The average molecular weight is 279 g/mol. The van der Waals surface area contributed by atoms with Gasteiger partial charge in [-0.15, -0.1) is 0 Å². The van der Waals surface area contributed by atoms with Gasteiger partial charge in [-0.05, 0) is 16.4 Å². The molecule has 0 aliphatic carbocycles. The van der Waals surface area contributed by atoms with Crippen molar-refractivity contribution in [3.8, 4) is 0 Å². The zero-order valence-electron chi connectivity index (χ0n) is 10.6. The molecule has 1 saturated heterocycles. The molecule has 3 rings (SSSR count). The number of benzene rings is 1. The zero-order chi connectivity index (χ0) is 14.1. The van der Waals surface area contributed by atoms with E-state index in [2.05, 4.69) is 14.9 Å². The molecule has 2 aromatic rings. The van der Waals surface area contributed by atoms with Crippen molar-refractivity contribution in [2.75, 3.05) is 31.1 Å². The largest absolute Gasteiger partial charge is 0.373 e. The molecule has 1 atom stereocenters. The molecular weight excluding hydrogens is 266 g/mol. The third-order valence-electron chi connectivity index (χ3n) is 3.31. The molecule has 2 N–H and O–H groups in total. The lowest BCUT2D eigenvalue weighted by Gasteiger charge is -2.33. The molecule has 0 radical (unpaired) electrons. The Hall–Kier alpha value is -2.26. The Balaban J connectivity index is 2.02. The highest BCUT2D eigenvalue weighted by Gasteiger charge is 2.25. The van der Waals surface area contributed by atoms with E-state index in [4.69, 9.17) is 10.5 Å². The molecular formula is C11H13N5O4. The quantitative estimate of drug-likeness (QED) is 0.628. The first kappa shape index (κ1) is 12.8. The fourth-order valence-corrected chi connectivity index (χ4v) is 2.32. The van der Waals surface area contributed by atoms with Crippen LogP contribution < -0.4 is 10.6 Å². The molecule has 1 aromatic heterocycles. The summed E-state index contributed by atoms with van der Waals surface area (Å²) in [6.07, 6.45) is -0.0612. The molecule has 9 heteroatoms. The van der Waals surface area contributed by atoms with Gasteiger partial charge in [0.1, 0.15) is 0 Å². The van der Waals surface area contributed by atoms with Crippen LogP contribution in [0.25, 0.3) is 11.0 Å². The van der Waals surface area contributed by atoms with Crippen molar-refractivity contribution in [3.05, 3.63) is 22.2 Å². The maximum absolute atomic E-state index is 10.9. The number of rotatable bonds is 3. The summed E-state index contributed by atoms with van der Waals surface area (Å²) >= 11 is 0. The van der Waals surface area contributed by atoms with Gasteiger partial charge in [0.05, 0.1) is 23.3 Å². The highest BCUT2D eigenvalue weighted by atomic mass is 16.6. The summed E-state index contributed by atoms with van der Waals surface area (Å²) in [4.78, 5) is 12.5. The predicted octanol–water partition coefficient (Wildman–Crippen LogP) is 0.295. The number of fused-ring (bicyclic) bond motifs is 1. The van der Waals surface area contributed by atoms with Gasteiger partial charge in [-0.3, -0.25) is 10.1 Å².